The average Bonchev–Trinajstić information content (AvgIpc) is 2.66. The summed E-state index contributed by atoms with van der Waals surface area (Å²) in [5.41, 5.74) is 2.09. The van der Waals surface area contributed by atoms with Gasteiger partial charge in [-0.05, 0) is 24.1 Å². The minimum absolute atomic E-state index is 0.0723. The van der Waals surface area contributed by atoms with Crippen LogP contribution in [0.4, 0.5) is 11.8 Å². The van der Waals surface area contributed by atoms with Crippen molar-refractivity contribution in [1.82, 2.24) is 9.97 Å². The van der Waals surface area contributed by atoms with Gasteiger partial charge in [0.1, 0.15) is 5.82 Å². The molecule has 0 fully saturated rings. The van der Waals surface area contributed by atoms with Crippen molar-refractivity contribution in [1.29, 1.82) is 0 Å². The van der Waals surface area contributed by atoms with E-state index in [2.05, 4.69) is 34.3 Å². The number of fused-ring (bicyclic) bond motifs is 1. The fourth-order valence-electron chi connectivity index (χ4n) is 2.80. The Hall–Kier alpha value is -2.66. The first-order valence-corrected chi connectivity index (χ1v) is 8.72. The Labute approximate surface area is 148 Å². The predicted octanol–water partition coefficient (Wildman–Crippen LogP) is 3.45. The zero-order valence-corrected chi connectivity index (χ0v) is 14.5. The molecule has 2 N–H and O–H groups in total. The quantitative estimate of drug-likeness (QED) is 0.660. The number of benzene rings is 2. The molecule has 0 aliphatic carbocycles. The summed E-state index contributed by atoms with van der Waals surface area (Å²) in [6.45, 7) is 4.22. The summed E-state index contributed by atoms with van der Waals surface area (Å²) in [6.07, 6.45) is 1.01. The van der Waals surface area contributed by atoms with Crippen LogP contribution in [0.25, 0.3) is 10.9 Å². The van der Waals surface area contributed by atoms with Gasteiger partial charge in [0.05, 0.1) is 12.1 Å². The van der Waals surface area contributed by atoms with Gasteiger partial charge >= 0.3 is 0 Å². The van der Waals surface area contributed by atoms with E-state index < -0.39 is 0 Å². The first kappa shape index (κ1) is 17.2. The van der Waals surface area contributed by atoms with E-state index in [0.717, 1.165) is 29.7 Å². The summed E-state index contributed by atoms with van der Waals surface area (Å²) in [5.74, 6) is 1.48. The Morgan fingerprint density at radius 1 is 1.00 bits per heavy atom. The minimum Gasteiger partial charge on any atom is -0.395 e. The molecule has 0 spiro atoms. The van der Waals surface area contributed by atoms with Gasteiger partial charge in [-0.2, -0.15) is 4.98 Å². The lowest BCUT2D eigenvalue weighted by atomic mass is 10.2. The van der Waals surface area contributed by atoms with Crippen molar-refractivity contribution >= 4 is 22.7 Å². The third-order valence-corrected chi connectivity index (χ3v) is 4.00. The second kappa shape index (κ2) is 8.44. The highest BCUT2D eigenvalue weighted by Gasteiger charge is 2.14. The molecule has 5 heteroatoms. The normalized spacial score (nSPS) is 10.8. The van der Waals surface area contributed by atoms with Gasteiger partial charge in [0, 0.05) is 25.0 Å². The number of aliphatic hydroxyl groups excluding tert-OH is 1. The van der Waals surface area contributed by atoms with Crippen molar-refractivity contribution < 1.29 is 5.11 Å². The Balaban J connectivity index is 2.02. The van der Waals surface area contributed by atoms with Crippen LogP contribution < -0.4 is 10.2 Å². The van der Waals surface area contributed by atoms with Crippen LogP contribution in [0.15, 0.2) is 54.6 Å². The van der Waals surface area contributed by atoms with Crippen molar-refractivity contribution in [2.75, 3.05) is 29.9 Å². The number of nitrogens with one attached hydrogen (secondary N) is 1. The van der Waals surface area contributed by atoms with E-state index in [9.17, 15) is 5.11 Å². The Kier molecular flexibility index (Phi) is 5.80. The van der Waals surface area contributed by atoms with Gasteiger partial charge in [0.15, 0.2) is 0 Å². The second-order valence-corrected chi connectivity index (χ2v) is 5.95. The maximum absolute atomic E-state index is 9.56. The standard InChI is InChI=1S/C20H24N4O/c1-2-12-21-20-22-18-11-7-6-10-17(18)19(23-20)24(13-14-25)15-16-8-4-3-5-9-16/h3-11,25H,2,12-15H2,1H3,(H,21,22,23). The van der Waals surface area contributed by atoms with Gasteiger partial charge in [-0.1, -0.05) is 49.4 Å². The average molecular weight is 336 g/mol. The van der Waals surface area contributed by atoms with E-state index in [1.54, 1.807) is 0 Å². The van der Waals surface area contributed by atoms with E-state index in [1.807, 2.05) is 42.5 Å². The predicted molar refractivity (Wildman–Crippen MR) is 103 cm³/mol. The number of hydrogen-bond acceptors (Lipinski definition) is 5. The molecule has 130 valence electrons. The van der Waals surface area contributed by atoms with Gasteiger partial charge in [0.2, 0.25) is 5.95 Å². The molecular formula is C20H24N4O. The van der Waals surface area contributed by atoms with Crippen LogP contribution in [0.2, 0.25) is 0 Å². The Morgan fingerprint density at radius 3 is 2.52 bits per heavy atom. The molecular weight excluding hydrogens is 312 g/mol. The molecule has 0 radical (unpaired) electrons. The molecule has 0 aliphatic rings. The molecule has 1 heterocycles. The van der Waals surface area contributed by atoms with Crippen LogP contribution in [0.1, 0.15) is 18.9 Å². The lowest BCUT2D eigenvalue weighted by Crippen LogP contribution is -2.27. The second-order valence-electron chi connectivity index (χ2n) is 5.95. The summed E-state index contributed by atoms with van der Waals surface area (Å²) < 4.78 is 0. The molecule has 0 bridgehead atoms. The molecule has 3 rings (SSSR count). The minimum atomic E-state index is 0.0723. The molecule has 0 unspecified atom stereocenters. The van der Waals surface area contributed by atoms with Crippen molar-refractivity contribution in [3.05, 3.63) is 60.2 Å². The third-order valence-electron chi connectivity index (χ3n) is 4.00. The lowest BCUT2D eigenvalue weighted by molar-refractivity contribution is 0.301. The topological polar surface area (TPSA) is 61.3 Å². The van der Waals surface area contributed by atoms with Gasteiger partial charge in [-0.15, -0.1) is 0 Å². The number of para-hydroxylation sites is 1. The van der Waals surface area contributed by atoms with Crippen LogP contribution in [-0.2, 0) is 6.54 Å². The van der Waals surface area contributed by atoms with Crippen LogP contribution in [0.3, 0.4) is 0 Å². The molecule has 0 amide bonds. The van der Waals surface area contributed by atoms with Crippen LogP contribution >= 0.6 is 0 Å². The van der Waals surface area contributed by atoms with Gasteiger partial charge < -0.3 is 15.3 Å². The van der Waals surface area contributed by atoms with Crippen molar-refractivity contribution in [3.8, 4) is 0 Å². The lowest BCUT2D eigenvalue weighted by Gasteiger charge is -2.25. The van der Waals surface area contributed by atoms with E-state index in [-0.39, 0.29) is 6.61 Å². The van der Waals surface area contributed by atoms with E-state index >= 15 is 0 Å². The monoisotopic (exact) mass is 336 g/mol. The van der Waals surface area contributed by atoms with E-state index in [1.165, 1.54) is 5.56 Å². The molecule has 2 aromatic carbocycles. The highest BCUT2D eigenvalue weighted by atomic mass is 16.3. The van der Waals surface area contributed by atoms with Crippen LogP contribution in [0, 0.1) is 0 Å². The smallest absolute Gasteiger partial charge is 0.225 e. The first-order valence-electron chi connectivity index (χ1n) is 8.72. The molecule has 0 aliphatic heterocycles. The van der Waals surface area contributed by atoms with Gasteiger partial charge in [-0.3, -0.25) is 0 Å². The van der Waals surface area contributed by atoms with E-state index in [0.29, 0.717) is 19.0 Å². The molecule has 0 saturated heterocycles. The Morgan fingerprint density at radius 2 is 1.76 bits per heavy atom. The van der Waals surface area contributed by atoms with Crippen molar-refractivity contribution in [2.45, 2.75) is 19.9 Å². The largest absolute Gasteiger partial charge is 0.395 e. The third kappa shape index (κ3) is 4.25. The number of nitrogens with zero attached hydrogens (tertiary/aromatic N) is 3. The fraction of sp³-hybridized carbons (Fsp3) is 0.300. The summed E-state index contributed by atoms with van der Waals surface area (Å²) >= 11 is 0. The zero-order valence-electron chi connectivity index (χ0n) is 14.5. The maximum Gasteiger partial charge on any atom is 0.225 e. The van der Waals surface area contributed by atoms with Crippen molar-refractivity contribution in [3.63, 3.8) is 0 Å². The SMILES string of the molecule is CCCNc1nc(N(CCO)Cc2ccccc2)c2ccccc2n1. The highest BCUT2D eigenvalue weighted by molar-refractivity contribution is 5.90. The number of aromatic nitrogens is 2. The van der Waals surface area contributed by atoms with Gasteiger partial charge in [-0.25, -0.2) is 4.98 Å². The van der Waals surface area contributed by atoms with Crippen molar-refractivity contribution in [2.24, 2.45) is 0 Å². The van der Waals surface area contributed by atoms with Gasteiger partial charge in [0.25, 0.3) is 0 Å². The molecule has 1 aromatic heterocycles. The molecule has 25 heavy (non-hydrogen) atoms. The van der Waals surface area contributed by atoms with Crippen LogP contribution in [0.5, 0.6) is 0 Å². The summed E-state index contributed by atoms with van der Waals surface area (Å²) in [6, 6.07) is 18.2. The number of hydrogen-bond donors (Lipinski definition) is 2. The molecule has 0 atom stereocenters. The maximum atomic E-state index is 9.56. The molecule has 3 aromatic rings. The summed E-state index contributed by atoms with van der Waals surface area (Å²) in [5, 5.41) is 13.8. The molecule has 5 nitrogen and oxygen atoms in total. The highest BCUT2D eigenvalue weighted by Crippen LogP contribution is 2.26. The first-order chi connectivity index (χ1) is 12.3. The summed E-state index contributed by atoms with van der Waals surface area (Å²) in [7, 11) is 0. The summed E-state index contributed by atoms with van der Waals surface area (Å²) in [4.78, 5) is 11.5. The zero-order chi connectivity index (χ0) is 17.5. The number of aliphatic hydroxyl groups is 1. The fourth-order valence-corrected chi connectivity index (χ4v) is 2.80. The molecule has 0 saturated carbocycles. The van der Waals surface area contributed by atoms with Crippen LogP contribution in [-0.4, -0.2) is 34.8 Å². The number of rotatable bonds is 8. The van der Waals surface area contributed by atoms with E-state index in [4.69, 9.17) is 4.98 Å². The Bertz CT molecular complexity index is 807. The number of anilines is 2.